The van der Waals surface area contributed by atoms with Crippen LogP contribution in [-0.4, -0.2) is 9.55 Å². The van der Waals surface area contributed by atoms with Crippen molar-refractivity contribution in [2.45, 2.75) is 0 Å². The Morgan fingerprint density at radius 2 is 1.27 bits per heavy atom. The number of aromatic nitrogens is 2. The molecule has 154 valence electrons. The maximum Gasteiger partial charge on any atom is 0.0797 e. The van der Waals surface area contributed by atoms with E-state index in [1.165, 1.54) is 69.5 Å². The monoisotopic (exact) mass is 438 g/mol. The molecule has 33 heavy (non-hydrogen) atoms. The molecule has 3 aromatic heterocycles. The van der Waals surface area contributed by atoms with Crippen LogP contribution in [0.2, 0.25) is 0 Å². The highest BCUT2D eigenvalue weighted by molar-refractivity contribution is 7.27. The van der Waals surface area contributed by atoms with Gasteiger partial charge in [-0.3, -0.25) is 0 Å². The molecule has 8 rings (SSSR count). The van der Waals surface area contributed by atoms with Gasteiger partial charge < -0.3 is 9.55 Å². The lowest BCUT2D eigenvalue weighted by atomic mass is 10.0. The van der Waals surface area contributed by atoms with E-state index in [0.29, 0.717) is 0 Å². The first-order valence-electron chi connectivity index (χ1n) is 11.2. The predicted octanol–water partition coefficient (Wildman–Crippen LogP) is 8.79. The van der Waals surface area contributed by atoms with Gasteiger partial charge in [-0.25, -0.2) is 0 Å². The van der Waals surface area contributed by atoms with E-state index in [9.17, 15) is 0 Å². The third-order valence-electron chi connectivity index (χ3n) is 6.90. The average molecular weight is 439 g/mol. The van der Waals surface area contributed by atoms with E-state index < -0.39 is 0 Å². The first-order chi connectivity index (χ1) is 16.4. The fourth-order valence-electron chi connectivity index (χ4n) is 5.60. The van der Waals surface area contributed by atoms with Crippen LogP contribution in [0.3, 0.4) is 0 Å². The fourth-order valence-corrected chi connectivity index (χ4v) is 6.87. The number of nitrogens with zero attached hydrogens (tertiary/aromatic N) is 1. The zero-order valence-electron chi connectivity index (χ0n) is 17.7. The minimum Gasteiger partial charge on any atom is -0.353 e. The largest absolute Gasteiger partial charge is 0.353 e. The predicted molar refractivity (Wildman–Crippen MR) is 143 cm³/mol. The lowest BCUT2D eigenvalue weighted by Crippen LogP contribution is -1.93. The molecule has 3 heteroatoms. The van der Waals surface area contributed by atoms with E-state index in [4.69, 9.17) is 0 Å². The second kappa shape index (κ2) is 6.25. The molecule has 0 radical (unpaired) electrons. The molecule has 1 N–H and O–H groups in total. The van der Waals surface area contributed by atoms with Crippen molar-refractivity contribution in [2.24, 2.45) is 0 Å². The molecule has 0 bridgehead atoms. The van der Waals surface area contributed by atoms with Crippen molar-refractivity contribution in [1.82, 2.24) is 9.55 Å². The highest BCUT2D eigenvalue weighted by Crippen LogP contribution is 2.49. The van der Waals surface area contributed by atoms with Crippen LogP contribution in [0.15, 0.2) is 103 Å². The normalized spacial score (nSPS) is 12.2. The standard InChI is InChI=1S/C30H18N2S/c1-2-10-18(11-3-1)32-23-16-8-5-13-20(23)27-29(32)28-25(19-12-4-7-15-22(19)31-28)26-21-14-6-9-17-24(21)33-30(26)27/h1-17,31H. The molecule has 0 saturated carbocycles. The minimum atomic E-state index is 1.18. The van der Waals surface area contributed by atoms with Gasteiger partial charge in [0.15, 0.2) is 0 Å². The first kappa shape index (κ1) is 17.5. The van der Waals surface area contributed by atoms with Gasteiger partial charge in [-0.1, -0.05) is 72.8 Å². The van der Waals surface area contributed by atoms with Crippen LogP contribution >= 0.6 is 11.3 Å². The summed E-state index contributed by atoms with van der Waals surface area (Å²) in [6, 6.07) is 37.1. The smallest absolute Gasteiger partial charge is 0.0797 e. The summed E-state index contributed by atoms with van der Waals surface area (Å²) in [5.74, 6) is 0. The number of hydrogen-bond acceptors (Lipinski definition) is 1. The van der Waals surface area contributed by atoms with Crippen molar-refractivity contribution in [3.63, 3.8) is 0 Å². The van der Waals surface area contributed by atoms with Crippen LogP contribution in [-0.2, 0) is 0 Å². The number of nitrogens with one attached hydrogen (secondary N) is 1. The number of fused-ring (bicyclic) bond motifs is 12. The quantitative estimate of drug-likeness (QED) is 0.264. The summed E-state index contributed by atoms with van der Waals surface area (Å²) in [4.78, 5) is 3.82. The van der Waals surface area contributed by atoms with E-state index in [2.05, 4.69) is 113 Å². The van der Waals surface area contributed by atoms with Crippen molar-refractivity contribution in [3.05, 3.63) is 103 Å². The lowest BCUT2D eigenvalue weighted by molar-refractivity contribution is 1.18. The highest BCUT2D eigenvalue weighted by atomic mass is 32.1. The number of thiophene rings is 1. The highest BCUT2D eigenvalue weighted by Gasteiger charge is 2.23. The molecule has 0 aliphatic rings. The van der Waals surface area contributed by atoms with E-state index in [1.54, 1.807) is 0 Å². The van der Waals surface area contributed by atoms with Crippen molar-refractivity contribution >= 4 is 75.1 Å². The summed E-state index contributed by atoms with van der Waals surface area (Å²) in [6.07, 6.45) is 0. The van der Waals surface area contributed by atoms with Crippen LogP contribution in [0.4, 0.5) is 0 Å². The Kier molecular flexibility index (Phi) is 3.31. The number of rotatable bonds is 1. The number of H-pyrrole nitrogens is 1. The Hall–Kier alpha value is -4.08. The second-order valence-electron chi connectivity index (χ2n) is 8.63. The first-order valence-corrected chi connectivity index (χ1v) is 12.0. The van der Waals surface area contributed by atoms with Crippen molar-refractivity contribution in [2.75, 3.05) is 0 Å². The minimum absolute atomic E-state index is 1.18. The molecule has 0 atom stereocenters. The van der Waals surface area contributed by atoms with Gasteiger partial charge >= 0.3 is 0 Å². The summed E-state index contributed by atoms with van der Waals surface area (Å²) >= 11 is 1.91. The Balaban J connectivity index is 1.80. The van der Waals surface area contributed by atoms with Crippen LogP contribution < -0.4 is 0 Å². The second-order valence-corrected chi connectivity index (χ2v) is 9.69. The molecule has 0 aliphatic carbocycles. The zero-order valence-corrected chi connectivity index (χ0v) is 18.5. The maximum absolute atomic E-state index is 3.82. The summed E-state index contributed by atoms with van der Waals surface area (Å²) in [7, 11) is 0. The number of para-hydroxylation sites is 3. The molecular weight excluding hydrogens is 420 g/mol. The summed E-state index contributed by atoms with van der Waals surface area (Å²) in [6.45, 7) is 0. The zero-order chi connectivity index (χ0) is 21.5. The van der Waals surface area contributed by atoms with Gasteiger partial charge in [-0.15, -0.1) is 11.3 Å². The average Bonchev–Trinajstić information content (AvgIpc) is 3.53. The van der Waals surface area contributed by atoms with Crippen LogP contribution in [0, 0.1) is 0 Å². The summed E-state index contributed by atoms with van der Waals surface area (Å²) in [5, 5.41) is 7.95. The topological polar surface area (TPSA) is 20.7 Å². The van der Waals surface area contributed by atoms with Crippen molar-refractivity contribution in [1.29, 1.82) is 0 Å². The molecule has 0 amide bonds. The molecule has 0 spiro atoms. The number of benzene rings is 5. The molecule has 0 saturated heterocycles. The molecule has 5 aromatic carbocycles. The molecule has 3 heterocycles. The third-order valence-corrected chi connectivity index (χ3v) is 8.09. The van der Waals surface area contributed by atoms with Gasteiger partial charge in [-0.2, -0.15) is 0 Å². The molecule has 0 fully saturated rings. The van der Waals surface area contributed by atoms with E-state index >= 15 is 0 Å². The summed E-state index contributed by atoms with van der Waals surface area (Å²) in [5.41, 5.74) is 6.07. The maximum atomic E-state index is 3.82. The van der Waals surface area contributed by atoms with Gasteiger partial charge in [0.1, 0.15) is 0 Å². The molecule has 0 unspecified atom stereocenters. The molecule has 0 aliphatic heterocycles. The van der Waals surface area contributed by atoms with E-state index in [1.807, 2.05) is 11.3 Å². The Morgan fingerprint density at radius 3 is 2.15 bits per heavy atom. The van der Waals surface area contributed by atoms with Crippen LogP contribution in [0.5, 0.6) is 0 Å². The van der Waals surface area contributed by atoms with Gasteiger partial charge in [0, 0.05) is 52.9 Å². The third kappa shape index (κ3) is 2.17. The SMILES string of the molecule is c1ccc(-n2c3ccccc3c3c4sc5ccccc5c4c4c5ccccc5[nH]c4c32)cc1. The Bertz CT molecular complexity index is 2020. The summed E-state index contributed by atoms with van der Waals surface area (Å²) < 4.78 is 5.14. The molecule has 8 aromatic rings. The number of aromatic amines is 1. The van der Waals surface area contributed by atoms with Gasteiger partial charge in [-0.05, 0) is 30.3 Å². The molecular formula is C30H18N2S. The Labute approximate surface area is 193 Å². The fraction of sp³-hybridized carbons (Fsp3) is 0. The van der Waals surface area contributed by atoms with E-state index in [-0.39, 0.29) is 0 Å². The van der Waals surface area contributed by atoms with Gasteiger partial charge in [0.2, 0.25) is 0 Å². The van der Waals surface area contributed by atoms with Crippen molar-refractivity contribution in [3.8, 4) is 5.69 Å². The van der Waals surface area contributed by atoms with E-state index in [0.717, 1.165) is 0 Å². The van der Waals surface area contributed by atoms with Crippen molar-refractivity contribution < 1.29 is 0 Å². The van der Waals surface area contributed by atoms with Crippen LogP contribution in [0.1, 0.15) is 0 Å². The van der Waals surface area contributed by atoms with Gasteiger partial charge in [0.05, 0.1) is 16.6 Å². The van der Waals surface area contributed by atoms with Crippen LogP contribution in [0.25, 0.3) is 69.5 Å². The number of hydrogen-bond donors (Lipinski definition) is 1. The Morgan fingerprint density at radius 1 is 0.576 bits per heavy atom. The molecule has 2 nitrogen and oxygen atoms in total. The lowest BCUT2D eigenvalue weighted by Gasteiger charge is -2.09. The van der Waals surface area contributed by atoms with Gasteiger partial charge in [0.25, 0.3) is 0 Å².